The molecule has 2 aromatic rings. The molecule has 0 N–H and O–H groups in total. The molecule has 0 fully saturated rings. The van der Waals surface area contributed by atoms with Gasteiger partial charge < -0.3 is 9.64 Å². The van der Waals surface area contributed by atoms with Crippen molar-refractivity contribution in [2.45, 2.75) is 19.2 Å². The van der Waals surface area contributed by atoms with Crippen molar-refractivity contribution in [2.75, 3.05) is 19.9 Å². The van der Waals surface area contributed by atoms with Crippen molar-refractivity contribution in [1.82, 2.24) is 4.90 Å². The average Bonchev–Trinajstić information content (AvgIpc) is 2.58. The summed E-state index contributed by atoms with van der Waals surface area (Å²) < 4.78 is 28.1. The van der Waals surface area contributed by atoms with Crippen LogP contribution in [0.25, 0.3) is 0 Å². The maximum Gasteiger partial charge on any atom is 0.254 e. The van der Waals surface area contributed by atoms with Crippen LogP contribution in [-0.2, 0) is 22.1 Å². The highest BCUT2D eigenvalue weighted by Gasteiger charge is 2.16. The quantitative estimate of drug-likeness (QED) is 0.761. The van der Waals surface area contributed by atoms with E-state index in [9.17, 15) is 13.2 Å². The zero-order valence-corrected chi connectivity index (χ0v) is 15.5. The molecule has 1 amide bonds. The predicted molar refractivity (Wildman–Crippen MR) is 98.4 cm³/mol. The first kappa shape index (κ1) is 19.0. The van der Waals surface area contributed by atoms with Gasteiger partial charge in [0.1, 0.15) is 5.75 Å². The summed E-state index contributed by atoms with van der Waals surface area (Å²) in [7, 11) is -1.53. The Bertz CT molecular complexity index is 829. The Morgan fingerprint density at radius 1 is 1.08 bits per heavy atom. The Labute approximate surface area is 149 Å². The molecule has 0 saturated heterocycles. The van der Waals surface area contributed by atoms with Gasteiger partial charge in [-0.2, -0.15) is 0 Å². The molecule has 5 nitrogen and oxygen atoms in total. The number of rotatable bonds is 7. The molecule has 0 aliphatic heterocycles. The van der Waals surface area contributed by atoms with Crippen LogP contribution in [0, 0.1) is 0 Å². The van der Waals surface area contributed by atoms with Crippen LogP contribution in [0.5, 0.6) is 5.75 Å². The SMILES string of the molecule is CCN(Cc1ccc(OC)cc1)C(=O)c1cccc(CS(C)(=O)=O)c1. The topological polar surface area (TPSA) is 63.7 Å². The van der Waals surface area contributed by atoms with Gasteiger partial charge in [-0.1, -0.05) is 24.3 Å². The van der Waals surface area contributed by atoms with E-state index in [2.05, 4.69) is 0 Å². The molecule has 0 aliphatic rings. The number of hydrogen-bond acceptors (Lipinski definition) is 4. The standard InChI is InChI=1S/C19H23NO4S/c1-4-20(13-15-8-10-18(24-2)11-9-15)19(21)17-7-5-6-16(12-17)14-25(3,22)23/h5-12H,4,13-14H2,1-3H3. The van der Waals surface area contributed by atoms with Crippen LogP contribution >= 0.6 is 0 Å². The molecular weight excluding hydrogens is 338 g/mol. The smallest absolute Gasteiger partial charge is 0.254 e. The fourth-order valence-corrected chi connectivity index (χ4v) is 3.34. The van der Waals surface area contributed by atoms with Crippen LogP contribution in [0.1, 0.15) is 28.4 Å². The van der Waals surface area contributed by atoms with Gasteiger partial charge in [-0.3, -0.25) is 4.79 Å². The van der Waals surface area contributed by atoms with E-state index >= 15 is 0 Å². The highest BCUT2D eigenvalue weighted by molar-refractivity contribution is 7.89. The number of carbonyl (C=O) groups excluding carboxylic acids is 1. The van der Waals surface area contributed by atoms with Crippen molar-refractivity contribution in [1.29, 1.82) is 0 Å². The largest absolute Gasteiger partial charge is 0.497 e. The highest BCUT2D eigenvalue weighted by Crippen LogP contribution is 2.16. The Hall–Kier alpha value is -2.34. The molecular formula is C19H23NO4S. The van der Waals surface area contributed by atoms with E-state index in [1.165, 1.54) is 6.26 Å². The Morgan fingerprint density at radius 3 is 2.32 bits per heavy atom. The van der Waals surface area contributed by atoms with E-state index in [0.29, 0.717) is 24.2 Å². The second kappa shape index (κ2) is 8.16. The van der Waals surface area contributed by atoms with Crippen molar-refractivity contribution >= 4 is 15.7 Å². The lowest BCUT2D eigenvalue weighted by Gasteiger charge is -2.21. The molecule has 25 heavy (non-hydrogen) atoms. The van der Waals surface area contributed by atoms with Gasteiger partial charge in [0.15, 0.2) is 9.84 Å². The maximum atomic E-state index is 12.8. The van der Waals surface area contributed by atoms with Crippen molar-refractivity contribution < 1.29 is 17.9 Å². The van der Waals surface area contributed by atoms with E-state index in [0.717, 1.165) is 11.3 Å². The fraction of sp³-hybridized carbons (Fsp3) is 0.316. The average molecular weight is 361 g/mol. The predicted octanol–water partition coefficient (Wildman–Crippen LogP) is 2.90. The molecule has 0 heterocycles. The number of nitrogens with zero attached hydrogens (tertiary/aromatic N) is 1. The lowest BCUT2D eigenvalue weighted by Crippen LogP contribution is -2.30. The van der Waals surface area contributed by atoms with Crippen molar-refractivity contribution in [3.63, 3.8) is 0 Å². The molecule has 0 radical (unpaired) electrons. The molecule has 0 unspecified atom stereocenters. The lowest BCUT2D eigenvalue weighted by atomic mass is 10.1. The third-order valence-corrected chi connectivity index (χ3v) is 4.66. The molecule has 134 valence electrons. The van der Waals surface area contributed by atoms with Gasteiger partial charge in [0.05, 0.1) is 12.9 Å². The van der Waals surface area contributed by atoms with E-state index in [1.807, 2.05) is 31.2 Å². The Kier molecular flexibility index (Phi) is 6.20. The summed E-state index contributed by atoms with van der Waals surface area (Å²) >= 11 is 0. The zero-order chi connectivity index (χ0) is 18.4. The number of carbonyl (C=O) groups is 1. The number of ether oxygens (including phenoxy) is 1. The van der Waals surface area contributed by atoms with Crippen LogP contribution in [0.2, 0.25) is 0 Å². The van der Waals surface area contributed by atoms with E-state index in [-0.39, 0.29) is 11.7 Å². The van der Waals surface area contributed by atoms with Gasteiger partial charge in [0.25, 0.3) is 5.91 Å². The van der Waals surface area contributed by atoms with Gasteiger partial charge in [-0.25, -0.2) is 8.42 Å². The van der Waals surface area contributed by atoms with Gasteiger partial charge in [0, 0.05) is 24.9 Å². The van der Waals surface area contributed by atoms with E-state index in [4.69, 9.17) is 4.74 Å². The second-order valence-electron chi connectivity index (χ2n) is 5.94. The number of sulfone groups is 1. The van der Waals surface area contributed by atoms with E-state index < -0.39 is 9.84 Å². The summed E-state index contributed by atoms with van der Waals surface area (Å²) in [6, 6.07) is 14.4. The van der Waals surface area contributed by atoms with Crippen molar-refractivity contribution in [2.24, 2.45) is 0 Å². The van der Waals surface area contributed by atoms with Crippen LogP contribution in [-0.4, -0.2) is 39.1 Å². The molecule has 0 aliphatic carbocycles. The van der Waals surface area contributed by atoms with Crippen LogP contribution < -0.4 is 4.74 Å². The van der Waals surface area contributed by atoms with Crippen LogP contribution in [0.4, 0.5) is 0 Å². The number of hydrogen-bond donors (Lipinski definition) is 0. The first-order valence-corrected chi connectivity index (χ1v) is 10.1. The Morgan fingerprint density at radius 2 is 1.76 bits per heavy atom. The summed E-state index contributed by atoms with van der Waals surface area (Å²) in [6.07, 6.45) is 1.18. The summed E-state index contributed by atoms with van der Waals surface area (Å²) in [5.74, 6) is 0.582. The van der Waals surface area contributed by atoms with Gasteiger partial charge in [-0.15, -0.1) is 0 Å². The summed E-state index contributed by atoms with van der Waals surface area (Å²) in [6.45, 7) is 2.96. The molecule has 0 saturated carbocycles. The number of benzene rings is 2. The summed E-state index contributed by atoms with van der Waals surface area (Å²) in [5, 5.41) is 0. The summed E-state index contributed by atoms with van der Waals surface area (Å²) in [5.41, 5.74) is 2.12. The molecule has 0 atom stereocenters. The minimum atomic E-state index is -3.14. The molecule has 2 rings (SSSR count). The molecule has 0 spiro atoms. The molecule has 0 bridgehead atoms. The van der Waals surface area contributed by atoms with Gasteiger partial charge in [0.2, 0.25) is 0 Å². The molecule has 0 aromatic heterocycles. The number of methoxy groups -OCH3 is 1. The highest BCUT2D eigenvalue weighted by atomic mass is 32.2. The Balaban J connectivity index is 2.17. The van der Waals surface area contributed by atoms with Crippen LogP contribution in [0.15, 0.2) is 48.5 Å². The molecule has 2 aromatic carbocycles. The van der Waals surface area contributed by atoms with Gasteiger partial charge >= 0.3 is 0 Å². The third-order valence-electron chi connectivity index (χ3n) is 3.80. The van der Waals surface area contributed by atoms with E-state index in [1.54, 1.807) is 36.3 Å². The monoisotopic (exact) mass is 361 g/mol. The normalized spacial score (nSPS) is 11.2. The summed E-state index contributed by atoms with van der Waals surface area (Å²) in [4.78, 5) is 14.5. The molecule has 6 heteroatoms. The first-order valence-electron chi connectivity index (χ1n) is 8.01. The second-order valence-corrected chi connectivity index (χ2v) is 8.08. The minimum absolute atomic E-state index is 0.0707. The van der Waals surface area contributed by atoms with Crippen molar-refractivity contribution in [3.8, 4) is 5.75 Å². The van der Waals surface area contributed by atoms with Gasteiger partial charge in [-0.05, 0) is 42.3 Å². The van der Waals surface area contributed by atoms with Crippen LogP contribution in [0.3, 0.4) is 0 Å². The minimum Gasteiger partial charge on any atom is -0.497 e. The maximum absolute atomic E-state index is 12.8. The zero-order valence-electron chi connectivity index (χ0n) is 14.7. The first-order chi connectivity index (χ1) is 11.8. The number of amides is 1. The fourth-order valence-electron chi connectivity index (χ4n) is 2.56. The lowest BCUT2D eigenvalue weighted by molar-refractivity contribution is 0.0752. The third kappa shape index (κ3) is 5.60. The van der Waals surface area contributed by atoms with Crippen molar-refractivity contribution in [3.05, 3.63) is 65.2 Å².